The van der Waals surface area contributed by atoms with Crippen LogP contribution in [0.3, 0.4) is 0 Å². The molecule has 0 radical (unpaired) electrons. The molecule has 0 spiro atoms. The molecule has 2 heterocycles. The summed E-state index contributed by atoms with van der Waals surface area (Å²) < 4.78 is 22.6. The van der Waals surface area contributed by atoms with Crippen molar-refractivity contribution in [1.82, 2.24) is 5.32 Å². The highest BCUT2D eigenvalue weighted by Crippen LogP contribution is 2.30. The molecule has 60 heavy (non-hydrogen) atoms. The lowest BCUT2D eigenvalue weighted by Crippen LogP contribution is -2.65. The lowest BCUT2D eigenvalue weighted by Gasteiger charge is -2.46. The van der Waals surface area contributed by atoms with Crippen LogP contribution in [0.15, 0.2) is 60.8 Å². The van der Waals surface area contributed by atoms with Crippen molar-refractivity contribution in [1.29, 1.82) is 0 Å². The molecule has 14 heteroatoms. The van der Waals surface area contributed by atoms with Gasteiger partial charge in [-0.3, -0.25) is 4.79 Å². The summed E-state index contributed by atoms with van der Waals surface area (Å²) in [7, 11) is 0. The third-order valence-electron chi connectivity index (χ3n) is 10.7. The Bertz CT molecular complexity index is 1240. The number of hydrogen-bond donors (Lipinski definition) is 9. The van der Waals surface area contributed by atoms with E-state index in [1.165, 1.54) is 19.3 Å². The van der Waals surface area contributed by atoms with Gasteiger partial charge in [0, 0.05) is 6.42 Å². The molecule has 0 aliphatic carbocycles. The van der Waals surface area contributed by atoms with Gasteiger partial charge in [-0.1, -0.05) is 120 Å². The van der Waals surface area contributed by atoms with Crippen LogP contribution in [0.2, 0.25) is 0 Å². The summed E-state index contributed by atoms with van der Waals surface area (Å²) in [4.78, 5) is 13.1. The fourth-order valence-corrected chi connectivity index (χ4v) is 6.96. The van der Waals surface area contributed by atoms with Crippen LogP contribution in [-0.4, -0.2) is 140 Å². The number of hydrogen-bond acceptors (Lipinski definition) is 13. The number of amides is 1. The minimum absolute atomic E-state index is 0.259. The number of allylic oxidation sites excluding steroid dienone is 9. The van der Waals surface area contributed by atoms with E-state index in [1.54, 1.807) is 6.08 Å². The molecule has 2 rings (SSSR count). The summed E-state index contributed by atoms with van der Waals surface area (Å²) in [5.74, 6) is -0.267. The monoisotopic (exact) mass is 854 g/mol. The maximum Gasteiger partial charge on any atom is 0.220 e. The zero-order valence-electron chi connectivity index (χ0n) is 36.2. The second kappa shape index (κ2) is 33.3. The van der Waals surface area contributed by atoms with Gasteiger partial charge < -0.3 is 65.1 Å². The molecule has 9 N–H and O–H groups in total. The second-order valence-electron chi connectivity index (χ2n) is 15.8. The van der Waals surface area contributed by atoms with E-state index in [2.05, 4.69) is 67.8 Å². The molecule has 2 saturated heterocycles. The van der Waals surface area contributed by atoms with Crippen LogP contribution in [0.1, 0.15) is 129 Å². The third-order valence-corrected chi connectivity index (χ3v) is 10.7. The molecule has 2 aliphatic heterocycles. The molecule has 12 unspecified atom stereocenters. The van der Waals surface area contributed by atoms with Crippen LogP contribution in [0, 0.1) is 0 Å². The normalized spacial score (nSPS) is 28.8. The van der Waals surface area contributed by atoms with Crippen molar-refractivity contribution in [3.8, 4) is 0 Å². The summed E-state index contributed by atoms with van der Waals surface area (Å²) >= 11 is 0. The van der Waals surface area contributed by atoms with E-state index < -0.39 is 86.8 Å². The van der Waals surface area contributed by atoms with E-state index in [9.17, 15) is 45.6 Å². The summed E-state index contributed by atoms with van der Waals surface area (Å²) in [6.45, 7) is 2.55. The molecular formula is C46H79NO13. The van der Waals surface area contributed by atoms with Gasteiger partial charge in [-0.05, 0) is 64.2 Å². The van der Waals surface area contributed by atoms with Gasteiger partial charge in [0.15, 0.2) is 12.6 Å². The van der Waals surface area contributed by atoms with E-state index >= 15 is 0 Å². The predicted molar refractivity (Wildman–Crippen MR) is 230 cm³/mol. The number of nitrogens with one attached hydrogen (secondary N) is 1. The predicted octanol–water partition coefficient (Wildman–Crippen LogP) is 4.32. The van der Waals surface area contributed by atoms with Crippen molar-refractivity contribution < 1.29 is 64.6 Å². The average molecular weight is 854 g/mol. The molecule has 0 saturated carbocycles. The first-order valence-electron chi connectivity index (χ1n) is 22.5. The van der Waals surface area contributed by atoms with E-state index in [-0.39, 0.29) is 18.9 Å². The van der Waals surface area contributed by atoms with E-state index in [1.807, 2.05) is 6.08 Å². The van der Waals surface area contributed by atoms with Crippen LogP contribution >= 0.6 is 0 Å². The fourth-order valence-electron chi connectivity index (χ4n) is 6.96. The van der Waals surface area contributed by atoms with E-state index in [0.717, 1.165) is 77.0 Å². The van der Waals surface area contributed by atoms with Gasteiger partial charge in [-0.15, -0.1) is 0 Å². The van der Waals surface area contributed by atoms with Gasteiger partial charge in [-0.25, -0.2) is 0 Å². The van der Waals surface area contributed by atoms with Crippen LogP contribution in [0.25, 0.3) is 0 Å². The van der Waals surface area contributed by atoms with E-state index in [4.69, 9.17) is 18.9 Å². The SMILES string of the molecule is CC/C=C\C/C=C\C/C=C\CCCCCCCCCC(=O)NC(COC1OC(CO)C(OC2OC(CO)C(O)C(O)C2O)C(O)C1O)C(O)/C=C/CC/C=C/CCCCC. The Morgan fingerprint density at radius 3 is 1.83 bits per heavy atom. The Kier molecular flexibility index (Phi) is 29.9. The summed E-state index contributed by atoms with van der Waals surface area (Å²) in [6, 6.07) is -0.935. The van der Waals surface area contributed by atoms with Crippen molar-refractivity contribution in [3.63, 3.8) is 0 Å². The Morgan fingerprint density at radius 1 is 0.617 bits per heavy atom. The first-order valence-corrected chi connectivity index (χ1v) is 22.5. The van der Waals surface area contributed by atoms with Crippen LogP contribution in [0.4, 0.5) is 0 Å². The number of carbonyl (C=O) groups excluding carboxylic acids is 1. The van der Waals surface area contributed by atoms with Crippen LogP contribution in [-0.2, 0) is 23.7 Å². The Hall–Kier alpha value is -2.31. The molecule has 2 fully saturated rings. The number of unbranched alkanes of at least 4 members (excludes halogenated alkanes) is 11. The van der Waals surface area contributed by atoms with Gasteiger partial charge in [-0.2, -0.15) is 0 Å². The molecule has 14 nitrogen and oxygen atoms in total. The molecule has 0 aromatic carbocycles. The smallest absolute Gasteiger partial charge is 0.220 e. The second-order valence-corrected chi connectivity index (χ2v) is 15.8. The van der Waals surface area contributed by atoms with Crippen molar-refractivity contribution in [3.05, 3.63) is 60.8 Å². The molecule has 346 valence electrons. The fraction of sp³-hybridized carbons (Fsp3) is 0.761. The molecular weight excluding hydrogens is 774 g/mol. The number of ether oxygens (including phenoxy) is 4. The minimum atomic E-state index is -1.79. The first-order chi connectivity index (χ1) is 29.1. The van der Waals surface area contributed by atoms with Crippen molar-refractivity contribution in [2.24, 2.45) is 0 Å². The summed E-state index contributed by atoms with van der Waals surface area (Å²) in [6.07, 6.45) is 21.4. The Labute approximate surface area is 358 Å². The maximum atomic E-state index is 13.1. The minimum Gasteiger partial charge on any atom is -0.394 e. The van der Waals surface area contributed by atoms with Crippen LogP contribution < -0.4 is 5.32 Å². The summed E-state index contributed by atoms with van der Waals surface area (Å²) in [5, 5.41) is 86.3. The summed E-state index contributed by atoms with van der Waals surface area (Å²) in [5.41, 5.74) is 0. The molecule has 0 bridgehead atoms. The zero-order valence-corrected chi connectivity index (χ0v) is 36.2. The topological polar surface area (TPSA) is 228 Å². The van der Waals surface area contributed by atoms with Crippen molar-refractivity contribution in [2.45, 2.75) is 203 Å². The molecule has 1 amide bonds. The van der Waals surface area contributed by atoms with Gasteiger partial charge in [0.2, 0.25) is 5.91 Å². The number of aliphatic hydroxyl groups excluding tert-OH is 8. The van der Waals surface area contributed by atoms with Crippen LogP contribution in [0.5, 0.6) is 0 Å². The lowest BCUT2D eigenvalue weighted by molar-refractivity contribution is -0.359. The Morgan fingerprint density at radius 2 is 1.17 bits per heavy atom. The molecule has 12 atom stereocenters. The quantitative estimate of drug-likeness (QED) is 0.0340. The van der Waals surface area contributed by atoms with E-state index in [0.29, 0.717) is 12.8 Å². The number of aliphatic hydroxyl groups is 8. The maximum absolute atomic E-state index is 13.1. The molecule has 0 aromatic heterocycles. The standard InChI is InChI=1S/C46H79NO13/c1-3-5-7-9-11-13-14-15-16-17-18-19-20-22-24-26-28-30-38(51)47-34(35(50)29-27-25-23-21-12-10-8-6-4-2)33-57-45-43(56)41(54)44(37(32-49)59-45)60-46-42(55)40(53)39(52)36(31-48)58-46/h5,7,11-13,15-16,21,27,29,34-37,39-46,48-50,52-56H,3-4,6,8-10,14,17-20,22-26,28,30-33H2,1-2H3,(H,47,51)/b7-5-,13-11-,16-15-,21-12+,29-27+. The number of carbonyl (C=O) groups is 1. The highest BCUT2D eigenvalue weighted by molar-refractivity contribution is 5.76. The largest absolute Gasteiger partial charge is 0.394 e. The van der Waals surface area contributed by atoms with Crippen molar-refractivity contribution in [2.75, 3.05) is 19.8 Å². The average Bonchev–Trinajstić information content (AvgIpc) is 3.24. The first kappa shape index (κ1) is 53.8. The van der Waals surface area contributed by atoms with Gasteiger partial charge in [0.05, 0.1) is 32.0 Å². The van der Waals surface area contributed by atoms with Crippen molar-refractivity contribution >= 4 is 5.91 Å². The lowest BCUT2D eigenvalue weighted by atomic mass is 9.97. The third kappa shape index (κ3) is 21.2. The highest BCUT2D eigenvalue weighted by atomic mass is 16.7. The van der Waals surface area contributed by atoms with Gasteiger partial charge in [0.25, 0.3) is 0 Å². The van der Waals surface area contributed by atoms with Gasteiger partial charge in [0.1, 0.15) is 48.8 Å². The molecule has 2 aliphatic rings. The van der Waals surface area contributed by atoms with Gasteiger partial charge >= 0.3 is 0 Å². The molecule has 0 aromatic rings. The highest BCUT2D eigenvalue weighted by Gasteiger charge is 2.50. The number of rotatable bonds is 32. The zero-order chi connectivity index (χ0) is 44.0. The Balaban J connectivity index is 1.88.